The fraction of sp³-hybridized carbons (Fsp3) is 1.00. The molecule has 8 nitrogen and oxygen atoms in total. The minimum absolute atomic E-state index is 0.00490. The topological polar surface area (TPSA) is 95.4 Å². The highest BCUT2D eigenvalue weighted by molar-refractivity contribution is 7.87. The Morgan fingerprint density at radius 3 is 2.35 bits per heavy atom. The summed E-state index contributed by atoms with van der Waals surface area (Å²) in [5, 5.41) is 3.40. The van der Waals surface area contributed by atoms with Crippen LogP contribution in [0.2, 0.25) is 0 Å². The van der Waals surface area contributed by atoms with Crippen LogP contribution >= 0.6 is 0 Å². The van der Waals surface area contributed by atoms with Gasteiger partial charge in [-0.15, -0.1) is 0 Å². The first-order valence-electron chi connectivity index (χ1n) is 6.98. The third-order valence-corrected chi connectivity index (χ3v) is 5.04. The molecule has 0 N–H and O–H groups in total. The van der Waals surface area contributed by atoms with Crippen LogP contribution in [-0.2, 0) is 14.3 Å². The van der Waals surface area contributed by atoms with E-state index in [1.54, 1.807) is 7.05 Å². The van der Waals surface area contributed by atoms with E-state index in [1.165, 1.54) is 6.92 Å². The normalized spacial score (nSPS) is 22.2. The number of azide groups is 1. The zero-order valence-electron chi connectivity index (χ0n) is 13.2. The SMILES string of the molecule is CC(CC(OS(=O)(=O)C(F)(F)F)[N+]1(C)CCN(C)CC1)N=[N+]=[N-]. The van der Waals surface area contributed by atoms with Gasteiger partial charge in [-0.1, -0.05) is 12.0 Å². The van der Waals surface area contributed by atoms with E-state index in [2.05, 4.69) is 14.2 Å². The Hall–Kier alpha value is -1.07. The van der Waals surface area contributed by atoms with E-state index in [9.17, 15) is 21.6 Å². The van der Waals surface area contributed by atoms with Gasteiger partial charge < -0.3 is 0 Å². The van der Waals surface area contributed by atoms with Crippen molar-refractivity contribution in [2.75, 3.05) is 40.3 Å². The number of hydrogen-bond donors (Lipinski definition) is 0. The molecule has 12 heteroatoms. The maximum absolute atomic E-state index is 12.6. The van der Waals surface area contributed by atoms with Gasteiger partial charge in [0.1, 0.15) is 0 Å². The molecule has 0 bridgehead atoms. The largest absolute Gasteiger partial charge is 0.523 e. The fourth-order valence-electron chi connectivity index (χ4n) is 2.34. The summed E-state index contributed by atoms with van der Waals surface area (Å²) in [7, 11) is -2.21. The lowest BCUT2D eigenvalue weighted by Gasteiger charge is -2.45. The number of likely N-dealkylation sites (N-methyl/N-ethyl adjacent to an activating group) is 2. The van der Waals surface area contributed by atoms with E-state index < -0.39 is 27.9 Å². The number of hydrogen-bond acceptors (Lipinski definition) is 5. The molecular weight excluding hydrogens is 339 g/mol. The molecule has 0 radical (unpaired) electrons. The zero-order valence-corrected chi connectivity index (χ0v) is 14.0. The van der Waals surface area contributed by atoms with E-state index in [0.717, 1.165) is 0 Å². The monoisotopic (exact) mass is 360 g/mol. The minimum Gasteiger partial charge on any atom is -0.298 e. The second kappa shape index (κ2) is 7.22. The smallest absolute Gasteiger partial charge is 0.298 e. The summed E-state index contributed by atoms with van der Waals surface area (Å²) in [6, 6.07) is -0.692. The van der Waals surface area contributed by atoms with Gasteiger partial charge in [-0.3, -0.25) is 9.38 Å². The minimum atomic E-state index is -5.72. The molecule has 0 aromatic rings. The summed E-state index contributed by atoms with van der Waals surface area (Å²) in [5.41, 5.74) is 2.94. The second-order valence-electron chi connectivity index (χ2n) is 5.97. The van der Waals surface area contributed by atoms with Gasteiger partial charge in [-0.05, 0) is 12.6 Å². The van der Waals surface area contributed by atoms with Crippen molar-refractivity contribution >= 4 is 10.1 Å². The predicted octanol–water partition coefficient (Wildman–Crippen LogP) is 1.66. The molecule has 0 aromatic heterocycles. The predicted molar refractivity (Wildman–Crippen MR) is 76.5 cm³/mol. The molecule has 0 saturated carbocycles. The van der Waals surface area contributed by atoms with E-state index in [4.69, 9.17) is 5.53 Å². The van der Waals surface area contributed by atoms with E-state index >= 15 is 0 Å². The Morgan fingerprint density at radius 2 is 1.91 bits per heavy atom. The quantitative estimate of drug-likeness (QED) is 0.180. The molecule has 2 atom stereocenters. The van der Waals surface area contributed by atoms with Crippen LogP contribution < -0.4 is 0 Å². The molecule has 134 valence electrons. The van der Waals surface area contributed by atoms with Crippen molar-refractivity contribution in [3.63, 3.8) is 0 Å². The summed E-state index contributed by atoms with van der Waals surface area (Å²) >= 11 is 0. The van der Waals surface area contributed by atoms with Crippen molar-refractivity contribution in [3.8, 4) is 0 Å². The first-order chi connectivity index (χ1) is 10.4. The molecule has 1 rings (SSSR count). The molecule has 1 heterocycles. The summed E-state index contributed by atoms with van der Waals surface area (Å²) in [5.74, 6) is 0. The van der Waals surface area contributed by atoms with Crippen molar-refractivity contribution in [1.29, 1.82) is 0 Å². The van der Waals surface area contributed by atoms with E-state index in [0.29, 0.717) is 26.2 Å². The van der Waals surface area contributed by atoms with Gasteiger partial charge in [0.15, 0.2) is 0 Å². The number of piperazine rings is 1. The van der Waals surface area contributed by atoms with Gasteiger partial charge >= 0.3 is 15.6 Å². The third-order valence-electron chi connectivity index (χ3n) is 3.99. The lowest BCUT2D eigenvalue weighted by molar-refractivity contribution is -0.954. The molecule has 0 amide bonds. The molecule has 2 unspecified atom stereocenters. The summed E-state index contributed by atoms with van der Waals surface area (Å²) in [4.78, 5) is 4.59. The summed E-state index contributed by atoms with van der Waals surface area (Å²) < 4.78 is 65.1. The van der Waals surface area contributed by atoms with Gasteiger partial charge in [0, 0.05) is 30.5 Å². The van der Waals surface area contributed by atoms with Crippen LogP contribution in [0.15, 0.2) is 5.11 Å². The molecular formula is C11H21F3N5O3S+. The molecule has 0 aromatic carbocycles. The number of quaternary nitrogens is 1. The Bertz CT molecular complexity index is 554. The highest BCUT2D eigenvalue weighted by Crippen LogP contribution is 2.30. The summed E-state index contributed by atoms with van der Waals surface area (Å²) in [6.45, 7) is 3.55. The van der Waals surface area contributed by atoms with Crippen LogP contribution in [-0.4, -0.2) is 75.9 Å². The molecule has 0 spiro atoms. The zero-order chi connectivity index (χ0) is 17.9. The van der Waals surface area contributed by atoms with Crippen molar-refractivity contribution in [1.82, 2.24) is 4.90 Å². The van der Waals surface area contributed by atoms with Crippen LogP contribution in [0, 0.1) is 0 Å². The fourth-order valence-corrected chi connectivity index (χ4v) is 3.02. The van der Waals surface area contributed by atoms with Crippen LogP contribution in [0.5, 0.6) is 0 Å². The average Bonchev–Trinajstić information content (AvgIpc) is 2.40. The standard InChI is InChI=1S/C11H21F3N5O3S/c1-9(16-17-15)8-10(22-23(20,21)11(12,13)14)19(3)6-4-18(2)5-7-19/h9-10H,4-8H2,1-3H3/q+1. The van der Waals surface area contributed by atoms with Crippen LogP contribution in [0.3, 0.4) is 0 Å². The maximum Gasteiger partial charge on any atom is 0.523 e. The van der Waals surface area contributed by atoms with E-state index in [1.807, 2.05) is 11.9 Å². The Morgan fingerprint density at radius 1 is 1.39 bits per heavy atom. The van der Waals surface area contributed by atoms with Gasteiger partial charge in [-0.2, -0.15) is 21.6 Å². The van der Waals surface area contributed by atoms with Crippen molar-refractivity contribution in [2.24, 2.45) is 5.11 Å². The Kier molecular flexibility index (Phi) is 6.27. The number of alkyl halides is 3. The number of nitrogens with zero attached hydrogens (tertiary/aromatic N) is 5. The third kappa shape index (κ3) is 5.21. The van der Waals surface area contributed by atoms with Crippen LogP contribution in [0.4, 0.5) is 13.2 Å². The number of halogens is 3. The number of rotatable bonds is 6. The van der Waals surface area contributed by atoms with Crippen molar-refractivity contribution in [3.05, 3.63) is 10.4 Å². The lowest BCUT2D eigenvalue weighted by Crippen LogP contribution is -2.63. The highest BCUT2D eigenvalue weighted by atomic mass is 32.2. The Balaban J connectivity index is 3.05. The molecule has 1 aliphatic heterocycles. The second-order valence-corrected chi connectivity index (χ2v) is 7.53. The molecule has 23 heavy (non-hydrogen) atoms. The van der Waals surface area contributed by atoms with Crippen LogP contribution in [0.25, 0.3) is 10.4 Å². The van der Waals surface area contributed by atoms with Gasteiger partial charge in [-0.25, -0.2) is 4.18 Å². The Labute approximate surface area is 133 Å². The summed E-state index contributed by atoms with van der Waals surface area (Å²) in [6.07, 6.45) is -1.39. The van der Waals surface area contributed by atoms with Gasteiger partial charge in [0.2, 0.25) is 6.23 Å². The van der Waals surface area contributed by atoms with Crippen molar-refractivity contribution < 1.29 is 30.3 Å². The highest BCUT2D eigenvalue weighted by Gasteiger charge is 2.52. The lowest BCUT2D eigenvalue weighted by atomic mass is 10.1. The first kappa shape index (κ1) is 20.0. The van der Waals surface area contributed by atoms with Gasteiger partial charge in [0.05, 0.1) is 20.1 Å². The van der Waals surface area contributed by atoms with E-state index in [-0.39, 0.29) is 10.9 Å². The molecule has 1 fully saturated rings. The van der Waals surface area contributed by atoms with Crippen LogP contribution in [0.1, 0.15) is 13.3 Å². The van der Waals surface area contributed by atoms with Crippen molar-refractivity contribution in [2.45, 2.75) is 31.1 Å². The van der Waals surface area contributed by atoms with Gasteiger partial charge in [0.25, 0.3) is 0 Å². The first-order valence-corrected chi connectivity index (χ1v) is 8.38. The maximum atomic E-state index is 12.6. The molecule has 1 saturated heterocycles. The average molecular weight is 360 g/mol. The molecule has 1 aliphatic rings. The molecule has 0 aliphatic carbocycles.